The Bertz CT molecular complexity index is 1190. The van der Waals surface area contributed by atoms with Gasteiger partial charge >= 0.3 is 0 Å². The second kappa shape index (κ2) is 10.1. The zero-order valence-electron chi connectivity index (χ0n) is 18.3. The summed E-state index contributed by atoms with van der Waals surface area (Å²) in [4.78, 5) is 22.8. The number of carbonyl (C=O) groups is 1. The topological polar surface area (TPSA) is 77.3 Å². The van der Waals surface area contributed by atoms with Crippen molar-refractivity contribution in [3.63, 3.8) is 0 Å². The predicted octanol–water partition coefficient (Wildman–Crippen LogP) is 4.69. The highest BCUT2D eigenvalue weighted by molar-refractivity contribution is 6.34. The Balaban J connectivity index is 1.68. The summed E-state index contributed by atoms with van der Waals surface area (Å²) in [5, 5.41) is 12.6. The van der Waals surface area contributed by atoms with E-state index in [1.165, 1.54) is 6.08 Å². The monoisotopic (exact) mass is 438 g/mol. The van der Waals surface area contributed by atoms with Crippen molar-refractivity contribution >= 4 is 41.0 Å². The summed E-state index contributed by atoms with van der Waals surface area (Å²) in [5.74, 6) is -0.263. The van der Waals surface area contributed by atoms with Crippen LogP contribution in [0.25, 0.3) is 5.57 Å². The molecule has 2 aliphatic rings. The molecule has 1 unspecified atom stereocenters. The lowest BCUT2D eigenvalue weighted by molar-refractivity contribution is -0.111. The standard InChI is InChI=1S/C27H26N4O2/c1-3-26(33)29-22-8-4-6-19(16-22)25-9-5-7-20(17-28-2)27(25)30-21-10-12-23(13-11-21)31-15-14-24(32)18-31/h3-13,16-17,24,32H,1-2,14-15,18H2,(H,29,33)/b20-17-,30-27+. The van der Waals surface area contributed by atoms with Gasteiger partial charge in [0.05, 0.1) is 17.5 Å². The van der Waals surface area contributed by atoms with E-state index in [2.05, 4.69) is 28.5 Å². The van der Waals surface area contributed by atoms with E-state index in [0.717, 1.165) is 46.8 Å². The summed E-state index contributed by atoms with van der Waals surface area (Å²) in [7, 11) is 0. The van der Waals surface area contributed by atoms with E-state index in [-0.39, 0.29) is 12.0 Å². The summed E-state index contributed by atoms with van der Waals surface area (Å²) in [6.45, 7) is 8.60. The largest absolute Gasteiger partial charge is 0.391 e. The number of benzene rings is 2. The Morgan fingerprint density at radius 2 is 2.03 bits per heavy atom. The van der Waals surface area contributed by atoms with Crippen LogP contribution in [0.15, 0.2) is 101 Å². The van der Waals surface area contributed by atoms with Crippen LogP contribution in [0, 0.1) is 0 Å². The minimum Gasteiger partial charge on any atom is -0.391 e. The van der Waals surface area contributed by atoms with E-state index in [4.69, 9.17) is 4.99 Å². The molecule has 1 aliphatic carbocycles. The molecule has 0 radical (unpaired) electrons. The fourth-order valence-corrected chi connectivity index (χ4v) is 3.92. The molecule has 2 aromatic rings. The Hall–Kier alpha value is -4.03. The molecule has 0 bridgehead atoms. The number of aliphatic hydroxyl groups is 1. The van der Waals surface area contributed by atoms with E-state index < -0.39 is 0 Å². The van der Waals surface area contributed by atoms with Crippen molar-refractivity contribution in [3.05, 3.63) is 96.8 Å². The summed E-state index contributed by atoms with van der Waals surface area (Å²) in [5.41, 5.74) is 5.99. The van der Waals surface area contributed by atoms with Gasteiger partial charge in [-0.15, -0.1) is 0 Å². The lowest BCUT2D eigenvalue weighted by Crippen LogP contribution is -2.20. The Morgan fingerprint density at radius 1 is 1.21 bits per heavy atom. The van der Waals surface area contributed by atoms with Crippen molar-refractivity contribution in [2.75, 3.05) is 23.3 Å². The number of anilines is 2. The van der Waals surface area contributed by atoms with Crippen molar-refractivity contribution in [1.29, 1.82) is 0 Å². The lowest BCUT2D eigenvalue weighted by Gasteiger charge is -2.18. The molecule has 6 heteroatoms. The maximum Gasteiger partial charge on any atom is 0.247 e. The quantitative estimate of drug-likeness (QED) is 0.507. The predicted molar refractivity (Wildman–Crippen MR) is 136 cm³/mol. The first-order valence-corrected chi connectivity index (χ1v) is 10.8. The van der Waals surface area contributed by atoms with Crippen LogP contribution >= 0.6 is 0 Å². The van der Waals surface area contributed by atoms with Crippen molar-refractivity contribution in [3.8, 4) is 0 Å². The van der Waals surface area contributed by atoms with Gasteiger partial charge in [0.1, 0.15) is 0 Å². The van der Waals surface area contributed by atoms with Crippen LogP contribution < -0.4 is 10.2 Å². The maximum atomic E-state index is 11.7. The van der Waals surface area contributed by atoms with E-state index in [1.807, 2.05) is 66.8 Å². The average molecular weight is 439 g/mol. The van der Waals surface area contributed by atoms with E-state index >= 15 is 0 Å². The summed E-state index contributed by atoms with van der Waals surface area (Å²) in [6.07, 6.45) is 9.34. The van der Waals surface area contributed by atoms with Crippen LogP contribution in [-0.2, 0) is 4.79 Å². The average Bonchev–Trinajstić information content (AvgIpc) is 3.27. The molecule has 0 spiro atoms. The molecule has 2 N–H and O–H groups in total. The number of hydrogen-bond acceptors (Lipinski definition) is 5. The number of aliphatic hydroxyl groups excluding tert-OH is 1. The summed E-state index contributed by atoms with van der Waals surface area (Å²) >= 11 is 0. The van der Waals surface area contributed by atoms with Gasteiger partial charge in [0.2, 0.25) is 5.91 Å². The van der Waals surface area contributed by atoms with Gasteiger partial charge in [-0.05, 0) is 61.2 Å². The van der Waals surface area contributed by atoms with E-state index in [9.17, 15) is 9.90 Å². The van der Waals surface area contributed by atoms with Gasteiger partial charge in [0, 0.05) is 41.8 Å². The number of hydrogen-bond donors (Lipinski definition) is 2. The number of aliphatic imine (C=N–C) groups is 2. The van der Waals surface area contributed by atoms with Crippen molar-refractivity contribution < 1.29 is 9.90 Å². The number of nitrogens with one attached hydrogen (secondary N) is 1. The van der Waals surface area contributed by atoms with Crippen molar-refractivity contribution in [2.45, 2.75) is 12.5 Å². The minimum absolute atomic E-state index is 0.263. The number of nitrogens with zero attached hydrogens (tertiary/aromatic N) is 3. The molecule has 1 fully saturated rings. The summed E-state index contributed by atoms with van der Waals surface area (Å²) < 4.78 is 0. The zero-order valence-corrected chi connectivity index (χ0v) is 18.3. The van der Waals surface area contributed by atoms with Gasteiger partial charge in [0.15, 0.2) is 0 Å². The second-order valence-corrected chi connectivity index (χ2v) is 7.85. The molecule has 0 aromatic heterocycles. The third-order valence-corrected chi connectivity index (χ3v) is 5.54. The molecule has 33 heavy (non-hydrogen) atoms. The van der Waals surface area contributed by atoms with Crippen molar-refractivity contribution in [2.24, 2.45) is 9.98 Å². The van der Waals surface area contributed by atoms with E-state index in [0.29, 0.717) is 12.2 Å². The molecular weight excluding hydrogens is 412 g/mol. The first kappa shape index (κ1) is 22.2. The SMILES string of the molecule is C=CC(=O)Nc1cccc(C2=CC=CC(=C/N=C)/C2=N\c2ccc(N3CCC(O)C3)cc2)c1. The van der Waals surface area contributed by atoms with Gasteiger partial charge in [0.25, 0.3) is 0 Å². The van der Waals surface area contributed by atoms with Crippen LogP contribution in [0.5, 0.6) is 0 Å². The van der Waals surface area contributed by atoms with Crippen LogP contribution in [0.1, 0.15) is 12.0 Å². The fourth-order valence-electron chi connectivity index (χ4n) is 3.92. The van der Waals surface area contributed by atoms with Gasteiger partial charge < -0.3 is 15.3 Å². The van der Waals surface area contributed by atoms with Gasteiger partial charge in [-0.3, -0.25) is 9.79 Å². The Labute approximate surface area is 193 Å². The number of β-amino-alcohol motifs (C(OH)–C–C–N with tert-alkyl or cyclic N) is 1. The molecule has 1 saturated heterocycles. The Morgan fingerprint density at radius 3 is 2.73 bits per heavy atom. The second-order valence-electron chi connectivity index (χ2n) is 7.85. The van der Waals surface area contributed by atoms with Crippen LogP contribution in [0.4, 0.5) is 17.1 Å². The molecule has 166 valence electrons. The number of amides is 1. The lowest BCUT2D eigenvalue weighted by atomic mass is 9.91. The van der Waals surface area contributed by atoms with Gasteiger partial charge in [-0.1, -0.05) is 36.9 Å². The Kier molecular flexibility index (Phi) is 6.76. The van der Waals surface area contributed by atoms with Crippen LogP contribution in [0.2, 0.25) is 0 Å². The number of allylic oxidation sites excluding steroid dienone is 5. The van der Waals surface area contributed by atoms with E-state index in [1.54, 1.807) is 6.20 Å². The minimum atomic E-state index is -0.266. The van der Waals surface area contributed by atoms with Crippen LogP contribution in [-0.4, -0.2) is 42.6 Å². The van der Waals surface area contributed by atoms with Crippen molar-refractivity contribution in [1.82, 2.24) is 0 Å². The molecule has 6 nitrogen and oxygen atoms in total. The molecule has 1 heterocycles. The molecule has 0 saturated carbocycles. The third-order valence-electron chi connectivity index (χ3n) is 5.54. The molecule has 4 rings (SSSR count). The summed E-state index contributed by atoms with van der Waals surface area (Å²) in [6, 6.07) is 15.6. The molecular formula is C27H26N4O2. The first-order valence-electron chi connectivity index (χ1n) is 10.8. The zero-order chi connectivity index (χ0) is 23.2. The normalized spacial score (nSPS) is 20.1. The number of rotatable bonds is 6. The molecule has 2 aromatic carbocycles. The number of carbonyl (C=O) groups excluding carboxylic acids is 1. The highest BCUT2D eigenvalue weighted by Gasteiger charge is 2.20. The van der Waals surface area contributed by atoms with Gasteiger partial charge in [-0.2, -0.15) is 0 Å². The maximum absolute atomic E-state index is 11.7. The van der Waals surface area contributed by atoms with Crippen LogP contribution in [0.3, 0.4) is 0 Å². The third kappa shape index (κ3) is 5.25. The fraction of sp³-hybridized carbons (Fsp3) is 0.148. The molecule has 1 aliphatic heterocycles. The highest BCUT2D eigenvalue weighted by atomic mass is 16.3. The highest BCUT2D eigenvalue weighted by Crippen LogP contribution is 2.30. The first-order chi connectivity index (χ1) is 16.1. The smallest absolute Gasteiger partial charge is 0.247 e. The van der Waals surface area contributed by atoms with Gasteiger partial charge in [-0.25, -0.2) is 4.99 Å². The molecule has 1 atom stereocenters. The molecule has 1 amide bonds.